The van der Waals surface area contributed by atoms with Gasteiger partial charge in [-0.2, -0.15) is 0 Å². The molecule has 1 aliphatic rings. The van der Waals surface area contributed by atoms with Crippen LogP contribution in [0.25, 0.3) is 0 Å². The molecule has 1 N–H and O–H groups in total. The number of amides is 1. The molecule has 0 radical (unpaired) electrons. The van der Waals surface area contributed by atoms with Crippen LogP contribution in [0.3, 0.4) is 0 Å². The largest absolute Gasteiger partial charge is 0.484 e. The molecule has 2 heterocycles. The molecule has 1 aromatic carbocycles. The van der Waals surface area contributed by atoms with E-state index in [0.717, 1.165) is 29.1 Å². The van der Waals surface area contributed by atoms with Gasteiger partial charge in [0.05, 0.1) is 6.04 Å². The molecule has 1 atom stereocenters. The van der Waals surface area contributed by atoms with Gasteiger partial charge in [-0.25, -0.2) is 0 Å². The van der Waals surface area contributed by atoms with Crippen molar-refractivity contribution < 1.29 is 13.9 Å². The number of likely N-dealkylation sites (tertiary alicyclic amines) is 1. The fraction of sp³-hybridized carbons (Fsp3) is 0.421. The van der Waals surface area contributed by atoms with Gasteiger partial charge in [-0.15, -0.1) is 0 Å². The molecule has 6 heteroatoms. The number of benzene rings is 1. The van der Waals surface area contributed by atoms with Crippen molar-refractivity contribution >= 4 is 21.8 Å². The first-order chi connectivity index (χ1) is 12.1. The van der Waals surface area contributed by atoms with Crippen molar-refractivity contribution in [2.75, 3.05) is 26.2 Å². The van der Waals surface area contributed by atoms with Gasteiger partial charge in [0.1, 0.15) is 17.3 Å². The van der Waals surface area contributed by atoms with E-state index in [9.17, 15) is 4.79 Å². The predicted molar refractivity (Wildman–Crippen MR) is 99.6 cm³/mol. The summed E-state index contributed by atoms with van der Waals surface area (Å²) in [7, 11) is 0. The van der Waals surface area contributed by atoms with E-state index in [1.54, 1.807) is 0 Å². The standard InChI is InChI=1S/C19H23BrN2O3/c1-14-4-9-18(25-14)17(22-10-2-3-11-22)12-21-19(23)13-24-16-7-5-15(20)6-8-16/h4-9,17H,2-3,10-13H2,1H3,(H,21,23). The van der Waals surface area contributed by atoms with Crippen LogP contribution in [0, 0.1) is 6.92 Å². The van der Waals surface area contributed by atoms with Crippen LogP contribution in [0.4, 0.5) is 0 Å². The molecule has 0 spiro atoms. The minimum atomic E-state index is -0.129. The van der Waals surface area contributed by atoms with Crippen molar-refractivity contribution in [1.29, 1.82) is 0 Å². The van der Waals surface area contributed by atoms with Crippen LogP contribution in [0.5, 0.6) is 5.75 Å². The molecule has 1 amide bonds. The third-order valence-electron chi connectivity index (χ3n) is 4.35. The quantitative estimate of drug-likeness (QED) is 0.761. The minimum absolute atomic E-state index is 0.00549. The molecule has 0 bridgehead atoms. The maximum absolute atomic E-state index is 12.1. The van der Waals surface area contributed by atoms with Gasteiger partial charge in [-0.05, 0) is 69.3 Å². The molecule has 1 aromatic heterocycles. The van der Waals surface area contributed by atoms with Crippen LogP contribution in [0.1, 0.15) is 30.4 Å². The molecule has 5 nitrogen and oxygen atoms in total. The first kappa shape index (κ1) is 18.0. The molecule has 1 unspecified atom stereocenters. The number of nitrogens with one attached hydrogen (secondary N) is 1. The maximum atomic E-state index is 12.1. The average Bonchev–Trinajstić information content (AvgIpc) is 3.27. The van der Waals surface area contributed by atoms with Gasteiger partial charge in [-0.1, -0.05) is 15.9 Å². The highest BCUT2D eigenvalue weighted by Crippen LogP contribution is 2.26. The maximum Gasteiger partial charge on any atom is 0.258 e. The summed E-state index contributed by atoms with van der Waals surface area (Å²) >= 11 is 3.37. The predicted octanol–water partition coefficient (Wildman–Crippen LogP) is 3.68. The summed E-state index contributed by atoms with van der Waals surface area (Å²) in [5.41, 5.74) is 0. The van der Waals surface area contributed by atoms with E-state index in [-0.39, 0.29) is 18.6 Å². The second kappa shape index (κ2) is 8.54. The van der Waals surface area contributed by atoms with Crippen LogP contribution < -0.4 is 10.1 Å². The van der Waals surface area contributed by atoms with Crippen molar-refractivity contribution in [2.45, 2.75) is 25.8 Å². The third-order valence-corrected chi connectivity index (χ3v) is 4.88. The zero-order valence-corrected chi connectivity index (χ0v) is 15.9. The Labute approximate surface area is 156 Å². The smallest absolute Gasteiger partial charge is 0.258 e. The van der Waals surface area contributed by atoms with E-state index in [4.69, 9.17) is 9.15 Å². The Morgan fingerprint density at radius 1 is 1.24 bits per heavy atom. The summed E-state index contributed by atoms with van der Waals surface area (Å²) < 4.78 is 12.3. The zero-order chi connectivity index (χ0) is 17.6. The fourth-order valence-corrected chi connectivity index (χ4v) is 3.30. The normalized spacial score (nSPS) is 15.9. The summed E-state index contributed by atoms with van der Waals surface area (Å²) in [6, 6.07) is 11.5. The van der Waals surface area contributed by atoms with E-state index in [1.807, 2.05) is 43.3 Å². The van der Waals surface area contributed by atoms with E-state index in [0.29, 0.717) is 12.3 Å². The summed E-state index contributed by atoms with van der Waals surface area (Å²) in [6.07, 6.45) is 2.38. The number of aryl methyl sites for hydroxylation is 1. The number of carbonyl (C=O) groups is 1. The summed E-state index contributed by atoms with van der Waals surface area (Å²) in [4.78, 5) is 14.5. The zero-order valence-electron chi connectivity index (χ0n) is 14.3. The van der Waals surface area contributed by atoms with Crippen molar-refractivity contribution in [1.82, 2.24) is 10.2 Å². The molecule has 2 aromatic rings. The highest BCUT2D eigenvalue weighted by Gasteiger charge is 2.26. The van der Waals surface area contributed by atoms with Crippen molar-refractivity contribution in [3.05, 3.63) is 52.4 Å². The van der Waals surface area contributed by atoms with Crippen LogP contribution in [-0.4, -0.2) is 37.0 Å². The Bertz CT molecular complexity index is 693. The van der Waals surface area contributed by atoms with Gasteiger partial charge in [0, 0.05) is 11.0 Å². The van der Waals surface area contributed by atoms with Crippen LogP contribution >= 0.6 is 15.9 Å². The summed E-state index contributed by atoms with van der Waals surface area (Å²) in [5.74, 6) is 2.35. The Hall–Kier alpha value is -1.79. The van der Waals surface area contributed by atoms with E-state index >= 15 is 0 Å². The van der Waals surface area contributed by atoms with Crippen molar-refractivity contribution in [2.24, 2.45) is 0 Å². The minimum Gasteiger partial charge on any atom is -0.484 e. The molecule has 25 heavy (non-hydrogen) atoms. The van der Waals surface area contributed by atoms with E-state index in [1.165, 1.54) is 12.8 Å². The highest BCUT2D eigenvalue weighted by molar-refractivity contribution is 9.10. The molecular weight excluding hydrogens is 384 g/mol. The van der Waals surface area contributed by atoms with E-state index in [2.05, 4.69) is 26.1 Å². The molecular formula is C19H23BrN2O3. The Kier molecular flexibility index (Phi) is 6.15. The summed E-state index contributed by atoms with van der Waals surface area (Å²) in [6.45, 7) is 4.54. The average molecular weight is 407 g/mol. The lowest BCUT2D eigenvalue weighted by Gasteiger charge is -2.26. The molecule has 1 saturated heterocycles. The van der Waals surface area contributed by atoms with Crippen LogP contribution in [0.2, 0.25) is 0 Å². The SMILES string of the molecule is Cc1ccc(C(CNC(=O)COc2ccc(Br)cc2)N2CCCC2)o1. The van der Waals surface area contributed by atoms with Gasteiger partial charge in [0.15, 0.2) is 6.61 Å². The monoisotopic (exact) mass is 406 g/mol. The number of carbonyl (C=O) groups excluding carboxylic acids is 1. The second-order valence-electron chi connectivity index (χ2n) is 6.25. The Balaban J connectivity index is 1.53. The van der Waals surface area contributed by atoms with Gasteiger partial charge in [-0.3, -0.25) is 9.69 Å². The molecule has 0 saturated carbocycles. The first-order valence-electron chi connectivity index (χ1n) is 8.57. The van der Waals surface area contributed by atoms with Gasteiger partial charge >= 0.3 is 0 Å². The Morgan fingerprint density at radius 2 is 1.96 bits per heavy atom. The number of rotatable bonds is 7. The second-order valence-corrected chi connectivity index (χ2v) is 7.17. The number of hydrogen-bond acceptors (Lipinski definition) is 4. The molecule has 1 fully saturated rings. The number of furan rings is 1. The molecule has 1 aliphatic heterocycles. The van der Waals surface area contributed by atoms with Gasteiger partial charge in [0.25, 0.3) is 5.91 Å². The number of hydrogen-bond donors (Lipinski definition) is 1. The van der Waals surface area contributed by atoms with Crippen molar-refractivity contribution in [3.8, 4) is 5.75 Å². The lowest BCUT2D eigenvalue weighted by Crippen LogP contribution is -2.38. The lowest BCUT2D eigenvalue weighted by atomic mass is 10.2. The van der Waals surface area contributed by atoms with Crippen LogP contribution in [-0.2, 0) is 4.79 Å². The lowest BCUT2D eigenvalue weighted by molar-refractivity contribution is -0.123. The van der Waals surface area contributed by atoms with Crippen molar-refractivity contribution in [3.63, 3.8) is 0 Å². The van der Waals surface area contributed by atoms with Gasteiger partial charge in [0.2, 0.25) is 0 Å². The molecule has 134 valence electrons. The number of halogens is 1. The Morgan fingerprint density at radius 3 is 2.60 bits per heavy atom. The third kappa shape index (κ3) is 5.09. The molecule has 0 aliphatic carbocycles. The highest BCUT2D eigenvalue weighted by atomic mass is 79.9. The van der Waals surface area contributed by atoms with E-state index < -0.39 is 0 Å². The first-order valence-corrected chi connectivity index (χ1v) is 9.36. The topological polar surface area (TPSA) is 54.7 Å². The number of nitrogens with zero attached hydrogens (tertiary/aromatic N) is 1. The fourth-order valence-electron chi connectivity index (χ4n) is 3.04. The number of ether oxygens (including phenoxy) is 1. The summed E-state index contributed by atoms with van der Waals surface area (Å²) in [5, 5.41) is 2.97. The van der Waals surface area contributed by atoms with Crippen LogP contribution in [0.15, 0.2) is 45.3 Å². The molecule has 3 rings (SSSR count). The van der Waals surface area contributed by atoms with Gasteiger partial charge < -0.3 is 14.5 Å².